The van der Waals surface area contributed by atoms with Crippen LogP contribution in [-0.4, -0.2) is 68.4 Å². The standard InChI is InChI=1S/2C6H10O3.C5H8O3/c2*1-5(6(8)9)3-2-4-7;1-4(2-3-6)5(7)8/h3,7H,2,4H2,1H3,(H,8,9);7H,1-4H2,(H,8,9);6H,1-3H2,(H,7,8)/b5-3+;;. The van der Waals surface area contributed by atoms with Gasteiger partial charge >= 0.3 is 17.9 Å². The Bertz CT molecular complexity index is 492. The predicted octanol–water partition coefficient (Wildman–Crippen LogP) is 0.809. The SMILES string of the molecule is C/C(=C\CCO)C(=O)O.C=C(CCCO)C(=O)O.C=C(CCO)C(=O)O. The van der Waals surface area contributed by atoms with E-state index in [4.69, 9.17) is 30.6 Å². The van der Waals surface area contributed by atoms with Crippen molar-refractivity contribution in [3.63, 3.8) is 0 Å². The lowest BCUT2D eigenvalue weighted by atomic mass is 10.2. The lowest BCUT2D eigenvalue weighted by molar-refractivity contribution is -0.133. The Labute approximate surface area is 152 Å². The van der Waals surface area contributed by atoms with Crippen molar-refractivity contribution < 1.29 is 45.0 Å². The maximum absolute atomic E-state index is 10.1. The molecule has 0 saturated heterocycles. The summed E-state index contributed by atoms with van der Waals surface area (Å²) in [7, 11) is 0. The number of aliphatic hydroxyl groups excluding tert-OH is 3. The van der Waals surface area contributed by atoms with E-state index in [2.05, 4.69) is 13.2 Å². The predicted molar refractivity (Wildman–Crippen MR) is 94.7 cm³/mol. The fourth-order valence-corrected chi connectivity index (χ4v) is 1.01. The lowest BCUT2D eigenvalue weighted by Gasteiger charge is -1.94. The third-order valence-corrected chi connectivity index (χ3v) is 2.57. The maximum atomic E-state index is 10.1. The first-order valence-electron chi connectivity index (χ1n) is 7.59. The molecule has 6 N–H and O–H groups in total. The van der Waals surface area contributed by atoms with Crippen LogP contribution in [0.1, 0.15) is 32.6 Å². The van der Waals surface area contributed by atoms with Gasteiger partial charge in [-0.25, -0.2) is 14.4 Å². The molecular weight excluding hydrogens is 348 g/mol. The summed E-state index contributed by atoms with van der Waals surface area (Å²) in [5, 5.41) is 49.3. The number of rotatable bonds is 10. The second-order valence-electron chi connectivity index (χ2n) is 4.82. The van der Waals surface area contributed by atoms with Gasteiger partial charge in [-0.15, -0.1) is 0 Å². The van der Waals surface area contributed by atoms with Crippen molar-refractivity contribution >= 4 is 17.9 Å². The van der Waals surface area contributed by atoms with Gasteiger partial charge < -0.3 is 30.6 Å². The van der Waals surface area contributed by atoms with E-state index in [-0.39, 0.29) is 43.0 Å². The molecule has 26 heavy (non-hydrogen) atoms. The van der Waals surface area contributed by atoms with Gasteiger partial charge in [-0.2, -0.15) is 0 Å². The summed E-state index contributed by atoms with van der Waals surface area (Å²) < 4.78 is 0. The summed E-state index contributed by atoms with van der Waals surface area (Å²) in [5.41, 5.74) is 0.487. The molecule has 0 fully saturated rings. The highest BCUT2D eigenvalue weighted by Crippen LogP contribution is 2.00. The molecule has 0 aromatic carbocycles. The largest absolute Gasteiger partial charge is 0.478 e. The quantitative estimate of drug-likeness (QED) is 0.302. The second kappa shape index (κ2) is 18.8. The zero-order valence-electron chi connectivity index (χ0n) is 14.8. The topological polar surface area (TPSA) is 173 Å². The number of carboxylic acids is 3. The van der Waals surface area contributed by atoms with Crippen molar-refractivity contribution in [1.29, 1.82) is 0 Å². The van der Waals surface area contributed by atoms with Crippen molar-refractivity contribution in [1.82, 2.24) is 0 Å². The van der Waals surface area contributed by atoms with Crippen LogP contribution in [-0.2, 0) is 14.4 Å². The molecule has 0 spiro atoms. The van der Waals surface area contributed by atoms with Crippen LogP contribution in [0.15, 0.2) is 36.0 Å². The van der Waals surface area contributed by atoms with Gasteiger partial charge in [-0.05, 0) is 26.2 Å². The van der Waals surface area contributed by atoms with Crippen LogP contribution < -0.4 is 0 Å². The highest BCUT2D eigenvalue weighted by molar-refractivity contribution is 5.86. The number of hydrogen-bond acceptors (Lipinski definition) is 6. The average molecular weight is 376 g/mol. The van der Waals surface area contributed by atoms with Crippen LogP contribution in [0.25, 0.3) is 0 Å². The van der Waals surface area contributed by atoms with Gasteiger partial charge in [0.15, 0.2) is 0 Å². The fourth-order valence-electron chi connectivity index (χ4n) is 1.01. The van der Waals surface area contributed by atoms with E-state index in [1.165, 1.54) is 13.0 Å². The van der Waals surface area contributed by atoms with E-state index in [0.717, 1.165) is 0 Å². The number of hydrogen-bond donors (Lipinski definition) is 6. The average Bonchev–Trinajstić information content (AvgIpc) is 2.58. The van der Waals surface area contributed by atoms with Gasteiger partial charge in [-0.3, -0.25) is 0 Å². The molecule has 0 unspecified atom stereocenters. The van der Waals surface area contributed by atoms with E-state index in [0.29, 0.717) is 19.3 Å². The van der Waals surface area contributed by atoms with E-state index < -0.39 is 17.9 Å². The third kappa shape index (κ3) is 21.5. The molecule has 0 heterocycles. The van der Waals surface area contributed by atoms with Crippen molar-refractivity contribution in [2.45, 2.75) is 32.6 Å². The Hall–Kier alpha value is -2.49. The Kier molecular flexibility index (Phi) is 20.5. The van der Waals surface area contributed by atoms with Gasteiger partial charge in [0.05, 0.1) is 0 Å². The Morgan fingerprint density at radius 3 is 1.50 bits per heavy atom. The van der Waals surface area contributed by atoms with Crippen molar-refractivity contribution in [3.05, 3.63) is 36.0 Å². The highest BCUT2D eigenvalue weighted by atomic mass is 16.4. The summed E-state index contributed by atoms with van der Waals surface area (Å²) in [4.78, 5) is 30.0. The van der Waals surface area contributed by atoms with Gasteiger partial charge in [-0.1, -0.05) is 19.2 Å². The lowest BCUT2D eigenvalue weighted by Crippen LogP contribution is -2.00. The van der Waals surface area contributed by atoms with Gasteiger partial charge in [0.1, 0.15) is 0 Å². The molecule has 0 bridgehead atoms. The first-order chi connectivity index (χ1) is 12.0. The van der Waals surface area contributed by atoms with Crippen molar-refractivity contribution in [3.8, 4) is 0 Å². The number of carbonyl (C=O) groups is 3. The number of carboxylic acid groups (broad SMARTS) is 3. The molecule has 0 aliphatic rings. The Morgan fingerprint density at radius 2 is 1.23 bits per heavy atom. The normalized spacial score (nSPS) is 9.77. The third-order valence-electron chi connectivity index (χ3n) is 2.57. The first-order valence-corrected chi connectivity index (χ1v) is 7.59. The minimum atomic E-state index is -1.04. The summed E-state index contributed by atoms with van der Waals surface area (Å²) in [6, 6.07) is 0. The van der Waals surface area contributed by atoms with Gasteiger partial charge in [0, 0.05) is 43.0 Å². The smallest absolute Gasteiger partial charge is 0.331 e. The Morgan fingerprint density at radius 1 is 0.769 bits per heavy atom. The summed E-state index contributed by atoms with van der Waals surface area (Å²) in [5.74, 6) is -2.95. The van der Waals surface area contributed by atoms with Crippen LogP contribution in [0.4, 0.5) is 0 Å². The van der Waals surface area contributed by atoms with Gasteiger partial charge in [0.2, 0.25) is 0 Å². The fraction of sp³-hybridized carbons (Fsp3) is 0.471. The second-order valence-corrected chi connectivity index (χ2v) is 4.82. The first kappa shape index (κ1) is 28.3. The minimum Gasteiger partial charge on any atom is -0.478 e. The molecule has 9 nitrogen and oxygen atoms in total. The van der Waals surface area contributed by atoms with E-state index in [1.807, 2.05) is 0 Å². The Balaban J connectivity index is -0.000000306. The highest BCUT2D eigenvalue weighted by Gasteiger charge is 2.01. The number of aliphatic hydroxyl groups is 3. The molecule has 0 aromatic heterocycles. The number of aliphatic carboxylic acids is 3. The molecule has 0 radical (unpaired) electrons. The van der Waals surface area contributed by atoms with Crippen molar-refractivity contribution in [2.75, 3.05) is 19.8 Å². The molecule has 0 aliphatic carbocycles. The van der Waals surface area contributed by atoms with Crippen molar-refractivity contribution in [2.24, 2.45) is 0 Å². The van der Waals surface area contributed by atoms with Crippen LogP contribution in [0.2, 0.25) is 0 Å². The van der Waals surface area contributed by atoms with E-state index in [9.17, 15) is 14.4 Å². The summed E-state index contributed by atoms with van der Waals surface area (Å²) in [6.07, 6.45) is 2.90. The minimum absolute atomic E-state index is 0.00458. The maximum Gasteiger partial charge on any atom is 0.331 e. The molecule has 0 rings (SSSR count). The van der Waals surface area contributed by atoms with Crippen LogP contribution in [0.5, 0.6) is 0 Å². The molecule has 0 saturated carbocycles. The van der Waals surface area contributed by atoms with Crippen LogP contribution in [0.3, 0.4) is 0 Å². The van der Waals surface area contributed by atoms with Crippen LogP contribution in [0, 0.1) is 0 Å². The summed E-state index contributed by atoms with van der Waals surface area (Å²) >= 11 is 0. The van der Waals surface area contributed by atoms with Crippen LogP contribution >= 0.6 is 0 Å². The molecular formula is C17H28O9. The molecule has 0 amide bonds. The van der Waals surface area contributed by atoms with Gasteiger partial charge in [0.25, 0.3) is 0 Å². The summed E-state index contributed by atoms with van der Waals surface area (Å²) in [6.45, 7) is 7.84. The molecule has 9 heteroatoms. The van der Waals surface area contributed by atoms with E-state index >= 15 is 0 Å². The molecule has 0 aliphatic heterocycles. The monoisotopic (exact) mass is 376 g/mol. The molecule has 0 aromatic rings. The zero-order chi connectivity index (χ0) is 21.1. The van der Waals surface area contributed by atoms with E-state index in [1.54, 1.807) is 0 Å². The molecule has 150 valence electrons. The molecule has 0 atom stereocenters. The zero-order valence-corrected chi connectivity index (χ0v) is 14.8.